The van der Waals surface area contributed by atoms with E-state index >= 15 is 0 Å². The Hall–Kier alpha value is -1.25. The average Bonchev–Trinajstić information content (AvgIpc) is 3.38. The number of hydrogen-bond donors (Lipinski definition) is 0. The van der Waals surface area contributed by atoms with Crippen LogP contribution in [-0.4, -0.2) is 62.1 Å². The minimum absolute atomic E-state index is 0.144. The van der Waals surface area contributed by atoms with Gasteiger partial charge in [0.1, 0.15) is 0 Å². The molecule has 3 aliphatic rings. The van der Waals surface area contributed by atoms with Crippen molar-refractivity contribution in [3.05, 3.63) is 24.3 Å². The second-order valence-corrected chi connectivity index (χ2v) is 9.72. The first kappa shape index (κ1) is 21.0. The van der Waals surface area contributed by atoms with Crippen LogP contribution in [0.25, 0.3) is 0 Å². The Morgan fingerprint density at radius 3 is 1.86 bits per heavy atom. The van der Waals surface area contributed by atoms with Gasteiger partial charge in [0.2, 0.25) is 0 Å². The maximum atomic E-state index is 13.2. The second kappa shape index (κ2) is 6.89. The van der Waals surface area contributed by atoms with Crippen LogP contribution in [0.15, 0.2) is 24.3 Å². The Morgan fingerprint density at radius 2 is 1.41 bits per heavy atom. The molecule has 3 fully saturated rings. The van der Waals surface area contributed by atoms with E-state index in [0.29, 0.717) is 13.1 Å². The van der Waals surface area contributed by atoms with Crippen molar-refractivity contribution in [1.82, 2.24) is 4.90 Å². The number of alkyl halides is 3. The lowest BCUT2D eigenvalue weighted by Gasteiger charge is -2.38. The van der Waals surface area contributed by atoms with Crippen LogP contribution < -0.4 is 10.4 Å². The fourth-order valence-electron chi connectivity index (χ4n) is 4.10. The molecule has 0 radical (unpaired) electrons. The van der Waals surface area contributed by atoms with Crippen LogP contribution in [0.2, 0.25) is 0 Å². The molecule has 2 aliphatic heterocycles. The van der Waals surface area contributed by atoms with Gasteiger partial charge in [-0.25, -0.2) is 0 Å². The summed E-state index contributed by atoms with van der Waals surface area (Å²) in [6, 6.07) is 8.14. The van der Waals surface area contributed by atoms with Crippen LogP contribution in [0.5, 0.6) is 0 Å². The molecule has 0 atom stereocenters. The molecule has 1 aromatic rings. The minimum atomic E-state index is -4.08. The van der Waals surface area contributed by atoms with E-state index in [4.69, 9.17) is 9.31 Å². The van der Waals surface area contributed by atoms with Crippen molar-refractivity contribution in [2.75, 3.05) is 37.6 Å². The van der Waals surface area contributed by atoms with Gasteiger partial charge in [0.25, 0.3) is 0 Å². The lowest BCUT2D eigenvalue weighted by Crippen LogP contribution is -2.50. The molecule has 0 aromatic heterocycles. The predicted octanol–water partition coefficient (Wildman–Crippen LogP) is 3.45. The van der Waals surface area contributed by atoms with E-state index in [1.807, 2.05) is 56.9 Å². The van der Waals surface area contributed by atoms with E-state index in [9.17, 15) is 13.2 Å². The SMILES string of the molecule is CC1(C)OB(c2ccc(N3CCN(CC4(C(F)(F)F)CC4)CC3)cc2)OC1(C)C. The Bertz CT molecular complexity index is 723. The highest BCUT2D eigenvalue weighted by atomic mass is 19.4. The van der Waals surface area contributed by atoms with Crippen LogP contribution in [0.4, 0.5) is 18.9 Å². The van der Waals surface area contributed by atoms with E-state index < -0.39 is 11.6 Å². The molecular formula is C21H30BF3N2O2. The first-order valence-electron chi connectivity index (χ1n) is 10.4. The lowest BCUT2D eigenvalue weighted by molar-refractivity contribution is -0.192. The summed E-state index contributed by atoms with van der Waals surface area (Å²) < 4.78 is 51.8. The van der Waals surface area contributed by atoms with Gasteiger partial charge in [-0.2, -0.15) is 13.2 Å². The van der Waals surface area contributed by atoms with Crippen molar-refractivity contribution >= 4 is 18.3 Å². The summed E-state index contributed by atoms with van der Waals surface area (Å²) in [4.78, 5) is 4.20. The molecule has 0 bridgehead atoms. The van der Waals surface area contributed by atoms with Crippen molar-refractivity contribution in [2.45, 2.75) is 57.9 Å². The smallest absolute Gasteiger partial charge is 0.399 e. The standard InChI is InChI=1S/C21H30BF3N2O2/c1-18(2)19(3,4)29-22(28-18)16-5-7-17(8-6-16)27-13-11-26(12-14-27)15-20(9-10-20)21(23,24)25/h5-8H,9-15H2,1-4H3. The van der Waals surface area contributed by atoms with Crippen LogP contribution in [-0.2, 0) is 9.31 Å². The van der Waals surface area contributed by atoms with Gasteiger partial charge in [0, 0.05) is 38.4 Å². The summed E-state index contributed by atoms with van der Waals surface area (Å²) in [5.74, 6) is 0. The van der Waals surface area contributed by atoms with Gasteiger partial charge in [-0.3, -0.25) is 4.90 Å². The Balaban J connectivity index is 1.33. The number of rotatable bonds is 4. The third-order valence-corrected chi connectivity index (χ3v) is 7.14. The van der Waals surface area contributed by atoms with E-state index in [0.717, 1.165) is 24.2 Å². The van der Waals surface area contributed by atoms with Crippen molar-refractivity contribution in [3.63, 3.8) is 0 Å². The highest BCUT2D eigenvalue weighted by Gasteiger charge is 2.63. The quantitative estimate of drug-likeness (QED) is 0.711. The summed E-state index contributed by atoms with van der Waals surface area (Å²) in [5, 5.41) is 0. The number of nitrogens with zero attached hydrogens (tertiary/aromatic N) is 2. The zero-order valence-corrected chi connectivity index (χ0v) is 17.7. The van der Waals surface area contributed by atoms with Gasteiger partial charge in [-0.15, -0.1) is 0 Å². The van der Waals surface area contributed by atoms with Crippen molar-refractivity contribution in [2.24, 2.45) is 5.41 Å². The Morgan fingerprint density at radius 1 is 0.897 bits per heavy atom. The highest BCUT2D eigenvalue weighted by Crippen LogP contribution is 2.57. The Kier molecular flexibility index (Phi) is 4.99. The maximum Gasteiger partial charge on any atom is 0.494 e. The zero-order chi connectivity index (χ0) is 21.1. The van der Waals surface area contributed by atoms with E-state index in [-0.39, 0.29) is 37.7 Å². The number of halogens is 3. The van der Waals surface area contributed by atoms with E-state index in [2.05, 4.69) is 4.90 Å². The molecule has 0 unspecified atom stereocenters. The third kappa shape index (κ3) is 3.91. The van der Waals surface area contributed by atoms with Gasteiger partial charge in [0.05, 0.1) is 16.6 Å². The number of anilines is 1. The topological polar surface area (TPSA) is 24.9 Å². The molecule has 4 rings (SSSR count). The fraction of sp³-hybridized carbons (Fsp3) is 0.714. The molecule has 0 amide bonds. The summed E-state index contributed by atoms with van der Waals surface area (Å²) in [7, 11) is -0.386. The largest absolute Gasteiger partial charge is 0.494 e. The molecule has 0 N–H and O–H groups in total. The van der Waals surface area contributed by atoms with Crippen LogP contribution >= 0.6 is 0 Å². The van der Waals surface area contributed by atoms with Gasteiger partial charge < -0.3 is 14.2 Å². The molecule has 0 spiro atoms. The van der Waals surface area contributed by atoms with Crippen molar-refractivity contribution in [1.29, 1.82) is 0 Å². The molecule has 1 saturated carbocycles. The highest BCUT2D eigenvalue weighted by molar-refractivity contribution is 6.62. The van der Waals surface area contributed by atoms with Gasteiger partial charge in [-0.05, 0) is 58.1 Å². The lowest BCUT2D eigenvalue weighted by atomic mass is 9.79. The fourth-order valence-corrected chi connectivity index (χ4v) is 4.10. The number of hydrogen-bond acceptors (Lipinski definition) is 4. The summed E-state index contributed by atoms with van der Waals surface area (Å²) in [5.41, 5.74) is -0.127. The Labute approximate surface area is 171 Å². The van der Waals surface area contributed by atoms with E-state index in [1.54, 1.807) is 0 Å². The molecular weight excluding hydrogens is 380 g/mol. The maximum absolute atomic E-state index is 13.2. The van der Waals surface area contributed by atoms with Gasteiger partial charge in [0.15, 0.2) is 0 Å². The van der Waals surface area contributed by atoms with Crippen molar-refractivity contribution in [3.8, 4) is 0 Å². The van der Waals surface area contributed by atoms with Crippen molar-refractivity contribution < 1.29 is 22.5 Å². The average molecular weight is 410 g/mol. The predicted molar refractivity (Wildman–Crippen MR) is 109 cm³/mol. The molecule has 2 saturated heterocycles. The molecule has 160 valence electrons. The van der Waals surface area contributed by atoms with Crippen LogP contribution in [0.1, 0.15) is 40.5 Å². The normalized spacial score (nSPS) is 26.0. The first-order chi connectivity index (χ1) is 13.4. The van der Waals surface area contributed by atoms with Gasteiger partial charge in [-0.1, -0.05) is 12.1 Å². The zero-order valence-electron chi connectivity index (χ0n) is 17.7. The molecule has 4 nitrogen and oxygen atoms in total. The van der Waals surface area contributed by atoms with E-state index in [1.165, 1.54) is 0 Å². The second-order valence-electron chi connectivity index (χ2n) is 9.72. The van der Waals surface area contributed by atoms with Crippen LogP contribution in [0, 0.1) is 5.41 Å². The van der Waals surface area contributed by atoms with Gasteiger partial charge >= 0.3 is 13.3 Å². The molecule has 29 heavy (non-hydrogen) atoms. The molecule has 2 heterocycles. The summed E-state index contributed by atoms with van der Waals surface area (Å²) in [6.07, 6.45) is -3.53. The monoisotopic (exact) mass is 410 g/mol. The molecule has 8 heteroatoms. The third-order valence-electron chi connectivity index (χ3n) is 7.14. The minimum Gasteiger partial charge on any atom is -0.399 e. The number of benzene rings is 1. The molecule has 1 aliphatic carbocycles. The first-order valence-corrected chi connectivity index (χ1v) is 10.4. The summed E-state index contributed by atoms with van der Waals surface area (Å²) >= 11 is 0. The number of piperazine rings is 1. The molecule has 1 aromatic carbocycles. The summed E-state index contributed by atoms with van der Waals surface area (Å²) in [6.45, 7) is 11.1. The van der Waals surface area contributed by atoms with Crippen LogP contribution in [0.3, 0.4) is 0 Å².